The van der Waals surface area contributed by atoms with E-state index in [1.54, 1.807) is 36.1 Å². The van der Waals surface area contributed by atoms with Crippen molar-refractivity contribution in [1.29, 1.82) is 0 Å². The molecule has 1 amide bonds. The van der Waals surface area contributed by atoms with Crippen molar-refractivity contribution in [3.63, 3.8) is 0 Å². The van der Waals surface area contributed by atoms with Gasteiger partial charge >= 0.3 is 5.97 Å². The van der Waals surface area contributed by atoms with Crippen LogP contribution in [-0.2, 0) is 14.3 Å². The van der Waals surface area contributed by atoms with Gasteiger partial charge in [-0.3, -0.25) is 14.4 Å². The maximum Gasteiger partial charge on any atom is 0.312 e. The minimum Gasteiger partial charge on any atom is -0.454 e. The predicted molar refractivity (Wildman–Crippen MR) is 103 cm³/mol. The average Bonchev–Trinajstić information content (AvgIpc) is 3.03. The first-order valence-corrected chi connectivity index (χ1v) is 9.05. The maximum absolute atomic E-state index is 12.5. The first-order chi connectivity index (χ1) is 12.9. The number of rotatable bonds is 5. The van der Waals surface area contributed by atoms with Crippen LogP contribution >= 0.6 is 0 Å². The summed E-state index contributed by atoms with van der Waals surface area (Å²) in [6, 6.07) is 14.6. The van der Waals surface area contributed by atoms with E-state index < -0.39 is 18.0 Å². The molecule has 0 spiro atoms. The zero-order valence-corrected chi connectivity index (χ0v) is 15.8. The van der Waals surface area contributed by atoms with Crippen molar-refractivity contribution in [3.05, 3.63) is 65.2 Å². The second kappa shape index (κ2) is 7.74. The summed E-state index contributed by atoms with van der Waals surface area (Å²) in [5.74, 6) is -1.42. The molecule has 2 aromatic carbocycles. The van der Waals surface area contributed by atoms with E-state index in [0.717, 1.165) is 16.8 Å². The number of ether oxygens (including phenoxy) is 1. The highest BCUT2D eigenvalue weighted by atomic mass is 16.5. The number of ketones is 1. The molecule has 1 aliphatic heterocycles. The van der Waals surface area contributed by atoms with Crippen LogP contribution < -0.4 is 4.90 Å². The monoisotopic (exact) mass is 365 g/mol. The average molecular weight is 365 g/mol. The lowest BCUT2D eigenvalue weighted by molar-refractivity contribution is -0.151. The van der Waals surface area contributed by atoms with Gasteiger partial charge in [0.2, 0.25) is 11.7 Å². The smallest absolute Gasteiger partial charge is 0.312 e. The van der Waals surface area contributed by atoms with Crippen LogP contribution in [0.3, 0.4) is 0 Å². The maximum atomic E-state index is 12.5. The number of hydrogen-bond donors (Lipinski definition) is 0. The Morgan fingerprint density at radius 2 is 1.67 bits per heavy atom. The molecule has 27 heavy (non-hydrogen) atoms. The van der Waals surface area contributed by atoms with Gasteiger partial charge in [0.15, 0.2) is 6.10 Å². The van der Waals surface area contributed by atoms with E-state index >= 15 is 0 Å². The fourth-order valence-corrected chi connectivity index (χ4v) is 3.47. The second-order valence-electron chi connectivity index (χ2n) is 6.96. The summed E-state index contributed by atoms with van der Waals surface area (Å²) in [4.78, 5) is 39.0. The van der Waals surface area contributed by atoms with E-state index in [1.165, 1.54) is 0 Å². The van der Waals surface area contributed by atoms with E-state index in [-0.39, 0.29) is 24.7 Å². The molecule has 3 rings (SSSR count). The molecule has 5 heteroatoms. The standard InChI is InChI=1S/C22H23NO4/c1-14-8-7-9-15(2)20(14)23-13-18(12-19(23)24)22(26)27-16(3)21(25)17-10-5-4-6-11-17/h4-11,16,18H,12-13H2,1-3H3/t16-,18-/m1/s1. The Morgan fingerprint density at radius 1 is 1.04 bits per heavy atom. The molecule has 0 bridgehead atoms. The zero-order valence-electron chi connectivity index (χ0n) is 15.8. The molecular formula is C22H23NO4. The molecule has 2 aromatic rings. The van der Waals surface area contributed by atoms with Gasteiger partial charge in [-0.05, 0) is 31.9 Å². The number of aryl methyl sites for hydroxylation is 2. The van der Waals surface area contributed by atoms with Gasteiger partial charge in [-0.1, -0.05) is 48.5 Å². The quantitative estimate of drug-likeness (QED) is 0.601. The molecule has 140 valence electrons. The minimum atomic E-state index is -0.885. The highest BCUT2D eigenvalue weighted by molar-refractivity contribution is 6.02. The zero-order chi connectivity index (χ0) is 19.6. The predicted octanol–water partition coefficient (Wildman–Crippen LogP) is 3.47. The molecule has 0 saturated carbocycles. The van der Waals surface area contributed by atoms with Gasteiger partial charge in [-0.2, -0.15) is 0 Å². The number of carbonyl (C=O) groups excluding carboxylic acids is 3. The van der Waals surface area contributed by atoms with Crippen molar-refractivity contribution in [3.8, 4) is 0 Å². The van der Waals surface area contributed by atoms with Gasteiger partial charge in [-0.25, -0.2) is 0 Å². The number of hydrogen-bond acceptors (Lipinski definition) is 4. The minimum absolute atomic E-state index is 0.0961. The van der Waals surface area contributed by atoms with Crippen LogP contribution in [0.2, 0.25) is 0 Å². The Labute approximate surface area is 158 Å². The van der Waals surface area contributed by atoms with Crippen LogP contribution in [0, 0.1) is 19.8 Å². The largest absolute Gasteiger partial charge is 0.454 e. The third kappa shape index (κ3) is 3.92. The van der Waals surface area contributed by atoms with E-state index in [4.69, 9.17) is 4.74 Å². The van der Waals surface area contributed by atoms with Crippen LogP contribution in [-0.4, -0.2) is 30.3 Å². The molecule has 2 atom stereocenters. The number of benzene rings is 2. The lowest BCUT2D eigenvalue weighted by Crippen LogP contribution is -2.31. The first-order valence-electron chi connectivity index (χ1n) is 9.05. The Hall–Kier alpha value is -2.95. The third-order valence-corrected chi connectivity index (χ3v) is 4.89. The summed E-state index contributed by atoms with van der Waals surface area (Å²) >= 11 is 0. The van der Waals surface area contributed by atoms with E-state index in [1.807, 2.05) is 38.1 Å². The van der Waals surface area contributed by atoms with Gasteiger partial charge < -0.3 is 9.64 Å². The number of anilines is 1. The van der Waals surface area contributed by atoms with Gasteiger partial charge in [0.25, 0.3) is 0 Å². The van der Waals surface area contributed by atoms with E-state index in [0.29, 0.717) is 5.56 Å². The molecule has 1 saturated heterocycles. The number of Topliss-reactive ketones (excluding diaryl/α,β-unsaturated/α-hetero) is 1. The van der Waals surface area contributed by atoms with Gasteiger partial charge in [-0.15, -0.1) is 0 Å². The number of para-hydroxylation sites is 1. The molecule has 0 aromatic heterocycles. The van der Waals surface area contributed by atoms with Gasteiger partial charge in [0, 0.05) is 24.2 Å². The SMILES string of the molecule is Cc1cccc(C)c1N1C[C@H](C(=O)O[C@H](C)C(=O)c2ccccc2)CC1=O. The topological polar surface area (TPSA) is 63.7 Å². The number of nitrogens with zero attached hydrogens (tertiary/aromatic N) is 1. The first kappa shape index (κ1) is 18.8. The summed E-state index contributed by atoms with van der Waals surface area (Å²) in [6.45, 7) is 5.73. The molecule has 1 aliphatic rings. The molecule has 1 heterocycles. The van der Waals surface area contributed by atoms with Gasteiger partial charge in [0.1, 0.15) is 0 Å². The lowest BCUT2D eigenvalue weighted by Gasteiger charge is -2.21. The Kier molecular flexibility index (Phi) is 5.40. The van der Waals surface area contributed by atoms with E-state index in [9.17, 15) is 14.4 Å². The highest BCUT2D eigenvalue weighted by Crippen LogP contribution is 2.31. The van der Waals surface area contributed by atoms with Gasteiger partial charge in [0.05, 0.1) is 5.92 Å². The highest BCUT2D eigenvalue weighted by Gasteiger charge is 2.38. The Morgan fingerprint density at radius 3 is 2.30 bits per heavy atom. The summed E-state index contributed by atoms with van der Waals surface area (Å²) in [6.07, 6.45) is -0.789. The number of esters is 1. The number of carbonyl (C=O) groups is 3. The second-order valence-corrected chi connectivity index (χ2v) is 6.96. The summed E-state index contributed by atoms with van der Waals surface area (Å²) < 4.78 is 5.38. The summed E-state index contributed by atoms with van der Waals surface area (Å²) in [5, 5.41) is 0. The van der Waals surface area contributed by atoms with Crippen molar-refractivity contribution in [2.75, 3.05) is 11.4 Å². The van der Waals surface area contributed by atoms with Crippen molar-refractivity contribution < 1.29 is 19.1 Å². The molecular weight excluding hydrogens is 342 g/mol. The normalized spacial score (nSPS) is 17.7. The molecule has 5 nitrogen and oxygen atoms in total. The van der Waals surface area contributed by atoms with Crippen molar-refractivity contribution in [2.24, 2.45) is 5.92 Å². The van der Waals surface area contributed by atoms with Crippen molar-refractivity contribution >= 4 is 23.3 Å². The molecule has 1 fully saturated rings. The van der Waals surface area contributed by atoms with Crippen LogP contribution in [0.5, 0.6) is 0 Å². The fourth-order valence-electron chi connectivity index (χ4n) is 3.47. The Balaban J connectivity index is 1.68. The van der Waals surface area contributed by atoms with Crippen LogP contribution in [0.1, 0.15) is 34.8 Å². The van der Waals surface area contributed by atoms with Crippen molar-refractivity contribution in [1.82, 2.24) is 0 Å². The molecule has 0 aliphatic carbocycles. The third-order valence-electron chi connectivity index (χ3n) is 4.89. The summed E-state index contributed by atoms with van der Waals surface area (Å²) in [5.41, 5.74) is 3.33. The summed E-state index contributed by atoms with van der Waals surface area (Å²) in [7, 11) is 0. The molecule has 0 radical (unpaired) electrons. The van der Waals surface area contributed by atoms with Crippen LogP contribution in [0.15, 0.2) is 48.5 Å². The number of amides is 1. The van der Waals surface area contributed by atoms with Crippen LogP contribution in [0.4, 0.5) is 5.69 Å². The van der Waals surface area contributed by atoms with E-state index in [2.05, 4.69) is 0 Å². The molecule has 0 unspecified atom stereocenters. The lowest BCUT2D eigenvalue weighted by atomic mass is 10.1. The fraction of sp³-hybridized carbons (Fsp3) is 0.318. The molecule has 0 N–H and O–H groups in total. The van der Waals surface area contributed by atoms with Crippen LogP contribution in [0.25, 0.3) is 0 Å². The van der Waals surface area contributed by atoms with Crippen molar-refractivity contribution in [2.45, 2.75) is 33.3 Å². The Bertz CT molecular complexity index is 855.